The highest BCUT2D eigenvalue weighted by Crippen LogP contribution is 2.40. The molecule has 2 rings (SSSR count). The van der Waals surface area contributed by atoms with Crippen LogP contribution >= 0.6 is 0 Å². The molecule has 1 saturated carbocycles. The van der Waals surface area contributed by atoms with Crippen molar-refractivity contribution < 1.29 is 4.74 Å². The molecule has 0 spiro atoms. The third-order valence-corrected chi connectivity index (χ3v) is 4.94. The maximum Gasteiger partial charge on any atom is 0.190 e. The number of nitrogens with one attached hydrogen (secondary N) is 2. The Morgan fingerprint density at radius 1 is 1.33 bits per heavy atom. The van der Waals surface area contributed by atoms with Crippen LogP contribution in [0.4, 0.5) is 0 Å². The summed E-state index contributed by atoms with van der Waals surface area (Å²) in [5, 5.41) is 6.95. The third kappa shape index (κ3) is 6.15. The fraction of sp³-hybridized carbons (Fsp3) is 0.778. The van der Waals surface area contributed by atoms with E-state index in [4.69, 9.17) is 4.74 Å². The van der Waals surface area contributed by atoms with Gasteiger partial charge in [-0.15, -0.1) is 0 Å². The first kappa shape index (κ1) is 18.8. The van der Waals surface area contributed by atoms with E-state index in [9.17, 15) is 0 Å². The molecule has 0 bridgehead atoms. The summed E-state index contributed by atoms with van der Waals surface area (Å²) in [6.45, 7) is 6.61. The molecule has 0 radical (unpaired) electrons. The summed E-state index contributed by atoms with van der Waals surface area (Å²) in [6, 6.07) is 0. The summed E-state index contributed by atoms with van der Waals surface area (Å²) >= 11 is 0. The summed E-state index contributed by atoms with van der Waals surface area (Å²) < 4.78 is 7.68. The number of guanidine groups is 1. The second kappa shape index (κ2) is 10.3. The number of hydrogen-bond acceptors (Lipinski definition) is 3. The predicted molar refractivity (Wildman–Crippen MR) is 98.2 cm³/mol. The fourth-order valence-electron chi connectivity index (χ4n) is 3.45. The highest BCUT2D eigenvalue weighted by molar-refractivity contribution is 5.79. The van der Waals surface area contributed by atoms with Crippen molar-refractivity contribution in [1.82, 2.24) is 20.2 Å². The summed E-state index contributed by atoms with van der Waals surface area (Å²) in [5.41, 5.74) is 0.379. The number of aryl methyl sites for hydroxylation is 1. The maximum absolute atomic E-state index is 5.59. The standard InChI is InChI=1S/C18H33N5O/c1-3-24-14-9-18(7-4-5-8-18)15-22-17(19-2)21-10-6-12-23-13-11-20-16-23/h11,13,16H,3-10,12,14-15H2,1-2H3,(H2,19,21,22). The number of rotatable bonds is 10. The van der Waals surface area contributed by atoms with Crippen LogP contribution in [0.2, 0.25) is 0 Å². The van der Waals surface area contributed by atoms with Crippen molar-refractivity contribution in [1.29, 1.82) is 0 Å². The molecule has 24 heavy (non-hydrogen) atoms. The SMILES string of the molecule is CCOCCC1(CNC(=NC)NCCCn2ccnc2)CCCC1. The monoisotopic (exact) mass is 335 g/mol. The first-order valence-corrected chi connectivity index (χ1v) is 9.26. The molecular formula is C18H33N5O. The molecule has 1 heterocycles. The lowest BCUT2D eigenvalue weighted by atomic mass is 9.83. The summed E-state index contributed by atoms with van der Waals surface area (Å²) in [5.74, 6) is 0.906. The molecule has 1 aliphatic rings. The van der Waals surface area contributed by atoms with E-state index < -0.39 is 0 Å². The molecular weight excluding hydrogens is 302 g/mol. The molecule has 2 N–H and O–H groups in total. The van der Waals surface area contributed by atoms with Crippen molar-refractivity contribution >= 4 is 5.96 Å². The van der Waals surface area contributed by atoms with Crippen molar-refractivity contribution in [3.05, 3.63) is 18.7 Å². The molecule has 0 aromatic carbocycles. The van der Waals surface area contributed by atoms with Crippen LogP contribution in [0.5, 0.6) is 0 Å². The third-order valence-electron chi connectivity index (χ3n) is 4.94. The summed E-state index contributed by atoms with van der Waals surface area (Å²) in [6.07, 6.45) is 13.1. The van der Waals surface area contributed by atoms with Gasteiger partial charge in [0.15, 0.2) is 5.96 Å². The van der Waals surface area contributed by atoms with Gasteiger partial charge in [0, 0.05) is 52.3 Å². The lowest BCUT2D eigenvalue weighted by molar-refractivity contribution is 0.105. The Hall–Kier alpha value is -1.56. The number of aromatic nitrogens is 2. The van der Waals surface area contributed by atoms with Gasteiger partial charge in [-0.25, -0.2) is 4.98 Å². The van der Waals surface area contributed by atoms with Crippen LogP contribution in [0.3, 0.4) is 0 Å². The Morgan fingerprint density at radius 2 is 2.17 bits per heavy atom. The van der Waals surface area contributed by atoms with Gasteiger partial charge in [-0.3, -0.25) is 4.99 Å². The van der Waals surface area contributed by atoms with E-state index in [0.29, 0.717) is 5.41 Å². The number of ether oxygens (including phenoxy) is 1. The highest BCUT2D eigenvalue weighted by Gasteiger charge is 2.33. The zero-order valence-electron chi connectivity index (χ0n) is 15.3. The molecule has 0 unspecified atom stereocenters. The average molecular weight is 335 g/mol. The number of hydrogen-bond donors (Lipinski definition) is 2. The number of imidazole rings is 1. The van der Waals surface area contributed by atoms with Crippen LogP contribution < -0.4 is 10.6 Å². The lowest BCUT2D eigenvalue weighted by Crippen LogP contribution is -2.43. The van der Waals surface area contributed by atoms with Crippen LogP contribution in [-0.4, -0.2) is 48.9 Å². The molecule has 1 aromatic rings. The van der Waals surface area contributed by atoms with Gasteiger partial charge >= 0.3 is 0 Å². The molecule has 0 saturated heterocycles. The molecule has 0 aliphatic heterocycles. The predicted octanol–water partition coefficient (Wildman–Crippen LogP) is 2.43. The molecule has 1 fully saturated rings. The van der Waals surface area contributed by atoms with Gasteiger partial charge in [-0.05, 0) is 38.0 Å². The van der Waals surface area contributed by atoms with E-state index >= 15 is 0 Å². The van der Waals surface area contributed by atoms with E-state index in [1.807, 2.05) is 25.8 Å². The van der Waals surface area contributed by atoms with Crippen LogP contribution in [0.1, 0.15) is 45.4 Å². The van der Waals surface area contributed by atoms with Gasteiger partial charge in [0.25, 0.3) is 0 Å². The molecule has 1 aromatic heterocycles. The van der Waals surface area contributed by atoms with Crippen molar-refractivity contribution in [2.75, 3.05) is 33.4 Å². The van der Waals surface area contributed by atoms with Crippen LogP contribution in [0, 0.1) is 5.41 Å². The minimum absolute atomic E-state index is 0.379. The van der Waals surface area contributed by atoms with Gasteiger partial charge < -0.3 is 19.9 Å². The van der Waals surface area contributed by atoms with E-state index in [1.165, 1.54) is 25.7 Å². The van der Waals surface area contributed by atoms with E-state index in [1.54, 1.807) is 0 Å². The number of aliphatic imine (C=N–C) groups is 1. The normalized spacial score (nSPS) is 17.2. The van der Waals surface area contributed by atoms with Gasteiger partial charge in [0.2, 0.25) is 0 Å². The van der Waals surface area contributed by atoms with E-state index in [2.05, 4.69) is 32.1 Å². The Bertz CT molecular complexity index is 466. The maximum atomic E-state index is 5.59. The van der Waals surface area contributed by atoms with Gasteiger partial charge in [-0.2, -0.15) is 0 Å². The van der Waals surface area contributed by atoms with Crippen LogP contribution in [0.25, 0.3) is 0 Å². The Labute approximate surface area is 146 Å². The van der Waals surface area contributed by atoms with Crippen LogP contribution in [-0.2, 0) is 11.3 Å². The fourth-order valence-corrected chi connectivity index (χ4v) is 3.45. The highest BCUT2D eigenvalue weighted by atomic mass is 16.5. The van der Waals surface area contributed by atoms with Gasteiger partial charge in [-0.1, -0.05) is 12.8 Å². The quantitative estimate of drug-likeness (QED) is 0.392. The first-order valence-electron chi connectivity index (χ1n) is 9.26. The molecule has 6 heteroatoms. The molecule has 6 nitrogen and oxygen atoms in total. The second-order valence-corrected chi connectivity index (χ2v) is 6.66. The molecule has 1 aliphatic carbocycles. The van der Waals surface area contributed by atoms with E-state index in [0.717, 1.165) is 51.6 Å². The Morgan fingerprint density at radius 3 is 2.83 bits per heavy atom. The lowest BCUT2D eigenvalue weighted by Gasteiger charge is -2.30. The van der Waals surface area contributed by atoms with Crippen LogP contribution in [0.15, 0.2) is 23.7 Å². The Balaban J connectivity index is 1.68. The smallest absolute Gasteiger partial charge is 0.190 e. The topological polar surface area (TPSA) is 63.5 Å². The molecule has 0 amide bonds. The van der Waals surface area contributed by atoms with E-state index in [-0.39, 0.29) is 0 Å². The zero-order chi connectivity index (χ0) is 17.1. The zero-order valence-corrected chi connectivity index (χ0v) is 15.3. The summed E-state index contributed by atoms with van der Waals surface area (Å²) in [4.78, 5) is 8.42. The van der Waals surface area contributed by atoms with Gasteiger partial charge in [0.1, 0.15) is 0 Å². The van der Waals surface area contributed by atoms with Crippen molar-refractivity contribution in [2.45, 2.75) is 52.0 Å². The molecule has 136 valence electrons. The Kier molecular flexibility index (Phi) is 8.08. The minimum Gasteiger partial charge on any atom is -0.382 e. The molecule has 0 atom stereocenters. The first-order chi connectivity index (χ1) is 11.8. The largest absolute Gasteiger partial charge is 0.382 e. The van der Waals surface area contributed by atoms with Crippen molar-refractivity contribution in [2.24, 2.45) is 10.4 Å². The average Bonchev–Trinajstić information content (AvgIpc) is 3.27. The number of nitrogens with zero attached hydrogens (tertiary/aromatic N) is 3. The summed E-state index contributed by atoms with van der Waals surface area (Å²) in [7, 11) is 1.84. The van der Waals surface area contributed by atoms with Gasteiger partial charge in [0.05, 0.1) is 6.33 Å². The van der Waals surface area contributed by atoms with Crippen molar-refractivity contribution in [3.63, 3.8) is 0 Å². The second-order valence-electron chi connectivity index (χ2n) is 6.66. The van der Waals surface area contributed by atoms with Crippen molar-refractivity contribution in [3.8, 4) is 0 Å². The minimum atomic E-state index is 0.379.